The minimum absolute atomic E-state index is 0.00744. The SMILES string of the molecule is CNOCC=Cc1cc(Oc2ccc(C(F)(F)F)cc2Cl)ccc1[N+](=O)[O-]. The second kappa shape index (κ2) is 8.85. The molecule has 0 heterocycles. The smallest absolute Gasteiger partial charge is 0.416 e. The van der Waals surface area contributed by atoms with Gasteiger partial charge in [-0.15, -0.1) is 0 Å². The molecule has 144 valence electrons. The number of nitrogens with one attached hydrogen (secondary N) is 1. The third kappa shape index (κ3) is 5.68. The zero-order chi connectivity index (χ0) is 20.0. The molecule has 0 aliphatic carbocycles. The molecular weight excluding hydrogens is 389 g/mol. The van der Waals surface area contributed by atoms with Gasteiger partial charge in [0.2, 0.25) is 0 Å². The number of hydrogen-bond acceptors (Lipinski definition) is 5. The van der Waals surface area contributed by atoms with Gasteiger partial charge in [-0.3, -0.25) is 15.0 Å². The van der Waals surface area contributed by atoms with Gasteiger partial charge < -0.3 is 4.74 Å². The lowest BCUT2D eigenvalue weighted by Gasteiger charge is -2.11. The Balaban J connectivity index is 2.29. The van der Waals surface area contributed by atoms with Gasteiger partial charge in [-0.2, -0.15) is 13.2 Å². The van der Waals surface area contributed by atoms with E-state index < -0.39 is 16.7 Å². The Morgan fingerprint density at radius 2 is 2.00 bits per heavy atom. The first-order valence-electron chi connectivity index (χ1n) is 7.50. The molecule has 2 aromatic carbocycles. The highest BCUT2D eigenvalue weighted by atomic mass is 35.5. The van der Waals surface area contributed by atoms with Crippen LogP contribution in [0.2, 0.25) is 5.02 Å². The Hall–Kier alpha value is -2.62. The normalized spacial score (nSPS) is 11.7. The summed E-state index contributed by atoms with van der Waals surface area (Å²) in [5.74, 6) is 0.170. The second-order valence-electron chi connectivity index (χ2n) is 5.14. The van der Waals surface area contributed by atoms with E-state index in [1.54, 1.807) is 13.1 Å². The molecular formula is C17H14ClF3N2O4. The van der Waals surface area contributed by atoms with Crippen LogP contribution in [0.3, 0.4) is 0 Å². The van der Waals surface area contributed by atoms with Crippen molar-refractivity contribution in [2.24, 2.45) is 0 Å². The van der Waals surface area contributed by atoms with Crippen molar-refractivity contribution < 1.29 is 27.7 Å². The number of hydrogen-bond donors (Lipinski definition) is 1. The summed E-state index contributed by atoms with van der Waals surface area (Å²) < 4.78 is 43.5. The van der Waals surface area contributed by atoms with Crippen LogP contribution in [-0.2, 0) is 11.0 Å². The van der Waals surface area contributed by atoms with Crippen LogP contribution in [0.25, 0.3) is 6.08 Å². The molecule has 0 saturated heterocycles. The van der Waals surface area contributed by atoms with Gasteiger partial charge in [-0.1, -0.05) is 17.7 Å². The summed E-state index contributed by atoms with van der Waals surface area (Å²) in [6.45, 7) is 0.170. The zero-order valence-corrected chi connectivity index (χ0v) is 14.7. The molecule has 0 amide bonds. The monoisotopic (exact) mass is 402 g/mol. The molecule has 2 aromatic rings. The molecule has 6 nitrogen and oxygen atoms in total. The minimum atomic E-state index is -4.52. The lowest BCUT2D eigenvalue weighted by Crippen LogP contribution is -2.06. The van der Waals surface area contributed by atoms with Crippen LogP contribution < -0.4 is 10.2 Å². The third-order valence-electron chi connectivity index (χ3n) is 3.30. The van der Waals surface area contributed by atoms with Crippen molar-refractivity contribution in [3.05, 3.63) is 68.7 Å². The van der Waals surface area contributed by atoms with Crippen LogP contribution in [0.5, 0.6) is 11.5 Å². The number of rotatable bonds is 7. The maximum atomic E-state index is 12.7. The maximum absolute atomic E-state index is 12.7. The number of nitro benzene ring substituents is 1. The standard InChI is InChI=1S/C17H14ClF3N2O4/c1-22-26-8-2-3-11-9-13(5-6-15(11)23(24)25)27-16-7-4-12(10-14(16)18)17(19,20)21/h2-7,9-10,22H,8H2,1H3. The van der Waals surface area contributed by atoms with E-state index in [2.05, 4.69) is 5.48 Å². The van der Waals surface area contributed by atoms with Crippen molar-refractivity contribution in [2.75, 3.05) is 13.7 Å². The van der Waals surface area contributed by atoms with Crippen molar-refractivity contribution in [2.45, 2.75) is 6.18 Å². The lowest BCUT2D eigenvalue weighted by atomic mass is 10.1. The highest BCUT2D eigenvalue weighted by Crippen LogP contribution is 2.37. The molecule has 0 fully saturated rings. The van der Waals surface area contributed by atoms with Gasteiger partial charge in [-0.05, 0) is 36.4 Å². The van der Waals surface area contributed by atoms with Gasteiger partial charge >= 0.3 is 6.18 Å². The highest BCUT2D eigenvalue weighted by Gasteiger charge is 2.31. The molecule has 27 heavy (non-hydrogen) atoms. The quantitative estimate of drug-likeness (QED) is 0.390. The summed E-state index contributed by atoms with van der Waals surface area (Å²) in [7, 11) is 1.57. The van der Waals surface area contributed by atoms with E-state index >= 15 is 0 Å². The van der Waals surface area contributed by atoms with Crippen LogP contribution >= 0.6 is 11.6 Å². The molecule has 2 rings (SSSR count). The number of ether oxygens (including phenoxy) is 1. The van der Waals surface area contributed by atoms with Crippen molar-refractivity contribution in [1.82, 2.24) is 5.48 Å². The first kappa shape index (κ1) is 20.7. The van der Waals surface area contributed by atoms with Crippen LogP contribution in [0.4, 0.5) is 18.9 Å². The summed E-state index contributed by atoms with van der Waals surface area (Å²) >= 11 is 5.85. The molecule has 10 heteroatoms. The molecule has 0 radical (unpaired) electrons. The number of nitro groups is 1. The predicted molar refractivity (Wildman–Crippen MR) is 93.7 cm³/mol. The van der Waals surface area contributed by atoms with Gasteiger partial charge in [-0.25, -0.2) is 5.48 Å². The molecule has 0 unspecified atom stereocenters. The Labute approximate surface area is 157 Å². The average molecular weight is 403 g/mol. The average Bonchev–Trinajstić information content (AvgIpc) is 2.59. The number of nitrogens with zero attached hydrogens (tertiary/aromatic N) is 1. The fraction of sp³-hybridized carbons (Fsp3) is 0.176. The molecule has 1 N–H and O–H groups in total. The van der Waals surface area contributed by atoms with Crippen LogP contribution in [0, 0.1) is 10.1 Å². The molecule has 0 saturated carbocycles. The van der Waals surface area contributed by atoms with Gasteiger partial charge in [0.25, 0.3) is 5.69 Å². The molecule has 0 aliphatic rings. The Morgan fingerprint density at radius 1 is 1.26 bits per heavy atom. The third-order valence-corrected chi connectivity index (χ3v) is 3.60. The van der Waals surface area contributed by atoms with Crippen LogP contribution in [0.15, 0.2) is 42.5 Å². The molecule has 0 spiro atoms. The van der Waals surface area contributed by atoms with Gasteiger partial charge in [0.05, 0.1) is 27.7 Å². The molecule has 0 aliphatic heterocycles. The summed E-state index contributed by atoms with van der Waals surface area (Å²) in [4.78, 5) is 15.5. The fourth-order valence-electron chi connectivity index (χ4n) is 2.09. The first-order chi connectivity index (χ1) is 12.7. The summed E-state index contributed by atoms with van der Waals surface area (Å²) in [6.07, 6.45) is -1.51. The van der Waals surface area contributed by atoms with Gasteiger partial charge in [0.1, 0.15) is 11.5 Å². The van der Waals surface area contributed by atoms with E-state index in [4.69, 9.17) is 21.2 Å². The Kier molecular flexibility index (Phi) is 6.78. The summed E-state index contributed by atoms with van der Waals surface area (Å²) in [5.41, 5.74) is 1.62. The van der Waals surface area contributed by atoms with Gasteiger partial charge in [0, 0.05) is 13.1 Å². The summed E-state index contributed by atoms with van der Waals surface area (Å²) in [6, 6.07) is 6.60. The van der Waals surface area contributed by atoms with E-state index in [1.165, 1.54) is 24.3 Å². The number of alkyl halides is 3. The van der Waals surface area contributed by atoms with Crippen LogP contribution in [0.1, 0.15) is 11.1 Å². The van der Waals surface area contributed by atoms with Gasteiger partial charge in [0.15, 0.2) is 0 Å². The van der Waals surface area contributed by atoms with E-state index in [0.717, 1.165) is 18.2 Å². The highest BCUT2D eigenvalue weighted by molar-refractivity contribution is 6.32. The topological polar surface area (TPSA) is 73.6 Å². The maximum Gasteiger partial charge on any atom is 0.416 e. The number of hydroxylamine groups is 1. The molecule has 0 atom stereocenters. The Morgan fingerprint density at radius 3 is 2.59 bits per heavy atom. The van der Waals surface area contributed by atoms with E-state index in [9.17, 15) is 23.3 Å². The summed E-state index contributed by atoms with van der Waals surface area (Å²) in [5, 5.41) is 10.9. The Bertz CT molecular complexity index is 857. The van der Waals surface area contributed by atoms with Crippen molar-refractivity contribution in [1.29, 1.82) is 0 Å². The largest absolute Gasteiger partial charge is 0.456 e. The van der Waals surface area contributed by atoms with Crippen molar-refractivity contribution in [3.63, 3.8) is 0 Å². The molecule has 0 bridgehead atoms. The molecule has 0 aromatic heterocycles. The van der Waals surface area contributed by atoms with Crippen molar-refractivity contribution in [3.8, 4) is 11.5 Å². The minimum Gasteiger partial charge on any atom is -0.456 e. The predicted octanol–water partition coefficient (Wildman–Crippen LogP) is 5.22. The zero-order valence-electron chi connectivity index (χ0n) is 13.9. The number of benzene rings is 2. The van der Waals surface area contributed by atoms with E-state index in [1.807, 2.05) is 0 Å². The van der Waals surface area contributed by atoms with Crippen LogP contribution in [-0.4, -0.2) is 18.6 Å². The fourth-order valence-corrected chi connectivity index (χ4v) is 2.31. The number of halogens is 4. The second-order valence-corrected chi connectivity index (χ2v) is 5.55. The first-order valence-corrected chi connectivity index (χ1v) is 7.88. The van der Waals surface area contributed by atoms with Crippen molar-refractivity contribution >= 4 is 23.4 Å². The van der Waals surface area contributed by atoms with E-state index in [-0.39, 0.29) is 34.4 Å². The lowest BCUT2D eigenvalue weighted by molar-refractivity contribution is -0.385. The van der Waals surface area contributed by atoms with E-state index in [0.29, 0.717) is 0 Å².